The normalized spacial score (nSPS) is 17.6. The van der Waals surface area contributed by atoms with Gasteiger partial charge in [0.2, 0.25) is 0 Å². The molecule has 0 spiro atoms. The molecule has 0 radical (unpaired) electrons. The van der Waals surface area contributed by atoms with Gasteiger partial charge in [0.15, 0.2) is 15.5 Å². The molecule has 0 saturated carbocycles. The molecular formula is C22H23N3O4S. The lowest BCUT2D eigenvalue weighted by molar-refractivity contribution is 0.0945. The van der Waals surface area contributed by atoms with E-state index in [1.807, 2.05) is 54.6 Å². The minimum absolute atomic E-state index is 0.0431. The molecule has 4 rings (SSSR count). The van der Waals surface area contributed by atoms with Crippen LogP contribution in [0.2, 0.25) is 0 Å². The average molecular weight is 426 g/mol. The first-order valence-corrected chi connectivity index (χ1v) is 11.5. The van der Waals surface area contributed by atoms with Crippen LogP contribution >= 0.6 is 0 Å². The van der Waals surface area contributed by atoms with Crippen molar-refractivity contribution in [3.8, 4) is 17.0 Å². The second-order valence-electron chi connectivity index (χ2n) is 7.31. The Morgan fingerprint density at radius 2 is 1.90 bits per heavy atom. The van der Waals surface area contributed by atoms with Crippen molar-refractivity contribution in [1.82, 2.24) is 15.1 Å². The summed E-state index contributed by atoms with van der Waals surface area (Å²) in [5.74, 6) is 0.636. The molecule has 156 valence electrons. The molecule has 2 heterocycles. The van der Waals surface area contributed by atoms with Gasteiger partial charge in [-0.05, 0) is 35.7 Å². The van der Waals surface area contributed by atoms with E-state index in [-0.39, 0.29) is 29.1 Å². The summed E-state index contributed by atoms with van der Waals surface area (Å²) in [5.41, 5.74) is 2.84. The van der Waals surface area contributed by atoms with Crippen molar-refractivity contribution in [2.45, 2.75) is 19.0 Å². The van der Waals surface area contributed by atoms with Crippen LogP contribution in [0.25, 0.3) is 11.3 Å². The first-order chi connectivity index (χ1) is 14.4. The maximum atomic E-state index is 12.8. The van der Waals surface area contributed by atoms with Crippen LogP contribution in [0.3, 0.4) is 0 Å². The first-order valence-electron chi connectivity index (χ1n) is 9.72. The molecule has 1 amide bonds. The van der Waals surface area contributed by atoms with E-state index in [4.69, 9.17) is 4.74 Å². The van der Waals surface area contributed by atoms with Gasteiger partial charge in [0.1, 0.15) is 5.75 Å². The number of rotatable bonds is 6. The Kier molecular flexibility index (Phi) is 5.59. The number of amides is 1. The van der Waals surface area contributed by atoms with Crippen LogP contribution in [-0.2, 0) is 16.4 Å². The van der Waals surface area contributed by atoms with Gasteiger partial charge in [-0.2, -0.15) is 5.10 Å². The Morgan fingerprint density at radius 3 is 2.53 bits per heavy atom. The Balaban J connectivity index is 1.57. The summed E-state index contributed by atoms with van der Waals surface area (Å²) in [6.45, 7) is 0.355. The van der Waals surface area contributed by atoms with Crippen LogP contribution in [0, 0.1) is 0 Å². The summed E-state index contributed by atoms with van der Waals surface area (Å²) >= 11 is 0. The van der Waals surface area contributed by atoms with Gasteiger partial charge in [-0.25, -0.2) is 8.42 Å². The number of sulfone groups is 1. The van der Waals surface area contributed by atoms with Crippen molar-refractivity contribution in [3.63, 3.8) is 0 Å². The fourth-order valence-corrected chi connectivity index (χ4v) is 5.28. The van der Waals surface area contributed by atoms with Crippen molar-refractivity contribution in [1.29, 1.82) is 0 Å². The van der Waals surface area contributed by atoms with E-state index in [0.29, 0.717) is 13.0 Å². The molecule has 8 heteroatoms. The van der Waals surface area contributed by atoms with Gasteiger partial charge in [-0.1, -0.05) is 42.5 Å². The maximum Gasteiger partial charge on any atom is 0.272 e. The number of carbonyl (C=O) groups excluding carboxylic acids is 1. The molecule has 1 saturated heterocycles. The van der Waals surface area contributed by atoms with Gasteiger partial charge in [-0.3, -0.25) is 9.48 Å². The Bertz CT molecular complexity index is 1140. The fraction of sp³-hybridized carbons (Fsp3) is 0.273. The summed E-state index contributed by atoms with van der Waals surface area (Å²) in [4.78, 5) is 12.8. The molecule has 0 unspecified atom stereocenters. The standard InChI is InChI=1S/C22H23N3O4S/c1-29-19-9-7-16(8-10-19)14-23-22(26)20-13-21(17-5-3-2-4-6-17)25(24-20)18-11-12-30(27,28)15-18/h2-10,13,18H,11-12,14-15H2,1H3,(H,23,26)/t18-/m0/s1. The molecule has 1 aromatic heterocycles. The average Bonchev–Trinajstić information content (AvgIpc) is 3.36. The minimum Gasteiger partial charge on any atom is -0.497 e. The monoisotopic (exact) mass is 425 g/mol. The lowest BCUT2D eigenvalue weighted by Crippen LogP contribution is -2.24. The molecule has 1 aliphatic heterocycles. The van der Waals surface area contributed by atoms with E-state index in [9.17, 15) is 13.2 Å². The lowest BCUT2D eigenvalue weighted by Gasteiger charge is -2.13. The number of methoxy groups -OCH3 is 1. The Morgan fingerprint density at radius 1 is 1.17 bits per heavy atom. The smallest absolute Gasteiger partial charge is 0.272 e. The zero-order chi connectivity index (χ0) is 21.1. The topological polar surface area (TPSA) is 90.3 Å². The molecule has 1 fully saturated rings. The van der Waals surface area contributed by atoms with E-state index in [2.05, 4.69) is 10.4 Å². The fourth-order valence-electron chi connectivity index (χ4n) is 3.59. The number of nitrogens with one attached hydrogen (secondary N) is 1. The lowest BCUT2D eigenvalue weighted by atomic mass is 10.1. The largest absolute Gasteiger partial charge is 0.497 e. The number of ether oxygens (including phenoxy) is 1. The molecule has 30 heavy (non-hydrogen) atoms. The summed E-state index contributed by atoms with van der Waals surface area (Å²) < 4.78 is 30.8. The number of nitrogens with zero attached hydrogens (tertiary/aromatic N) is 2. The molecule has 2 aromatic carbocycles. The van der Waals surface area contributed by atoms with Crippen LogP contribution in [0.15, 0.2) is 60.7 Å². The summed E-state index contributed by atoms with van der Waals surface area (Å²) in [7, 11) is -1.47. The number of aromatic nitrogens is 2. The molecule has 3 aromatic rings. The SMILES string of the molecule is COc1ccc(CNC(=O)c2cc(-c3ccccc3)n([C@H]3CCS(=O)(=O)C3)n2)cc1. The van der Waals surface area contributed by atoms with E-state index in [0.717, 1.165) is 22.6 Å². The third-order valence-corrected chi connectivity index (χ3v) is 6.95. The minimum atomic E-state index is -3.08. The van der Waals surface area contributed by atoms with Gasteiger partial charge in [-0.15, -0.1) is 0 Å². The van der Waals surface area contributed by atoms with Crippen molar-refractivity contribution in [3.05, 3.63) is 71.9 Å². The maximum absolute atomic E-state index is 12.8. The van der Waals surface area contributed by atoms with E-state index < -0.39 is 9.84 Å². The third-order valence-electron chi connectivity index (χ3n) is 5.20. The molecule has 7 nitrogen and oxygen atoms in total. The highest BCUT2D eigenvalue weighted by atomic mass is 32.2. The van der Waals surface area contributed by atoms with Crippen molar-refractivity contribution in [2.75, 3.05) is 18.6 Å². The van der Waals surface area contributed by atoms with Gasteiger partial charge >= 0.3 is 0 Å². The van der Waals surface area contributed by atoms with Crippen LogP contribution in [-0.4, -0.2) is 42.7 Å². The zero-order valence-corrected chi connectivity index (χ0v) is 17.4. The molecule has 0 bridgehead atoms. The van der Waals surface area contributed by atoms with Crippen LogP contribution in [0.1, 0.15) is 28.5 Å². The van der Waals surface area contributed by atoms with Crippen LogP contribution < -0.4 is 10.1 Å². The number of carbonyl (C=O) groups is 1. The van der Waals surface area contributed by atoms with Crippen LogP contribution in [0.5, 0.6) is 5.75 Å². The van der Waals surface area contributed by atoms with E-state index >= 15 is 0 Å². The van der Waals surface area contributed by atoms with Crippen LogP contribution in [0.4, 0.5) is 0 Å². The van der Waals surface area contributed by atoms with Gasteiger partial charge in [0, 0.05) is 6.54 Å². The summed E-state index contributed by atoms with van der Waals surface area (Å²) in [5, 5.41) is 7.37. The summed E-state index contributed by atoms with van der Waals surface area (Å²) in [6.07, 6.45) is 0.497. The Hall–Kier alpha value is -3.13. The third kappa shape index (κ3) is 4.38. The quantitative estimate of drug-likeness (QED) is 0.656. The predicted molar refractivity (Wildman–Crippen MR) is 114 cm³/mol. The zero-order valence-electron chi connectivity index (χ0n) is 16.6. The van der Waals surface area contributed by atoms with Gasteiger partial charge in [0.25, 0.3) is 5.91 Å². The molecular weight excluding hydrogens is 402 g/mol. The molecule has 0 aliphatic carbocycles. The number of benzene rings is 2. The molecule has 1 atom stereocenters. The first kappa shape index (κ1) is 20.2. The van der Waals surface area contributed by atoms with Crippen molar-refractivity contribution in [2.24, 2.45) is 0 Å². The molecule has 1 aliphatic rings. The van der Waals surface area contributed by atoms with E-state index in [1.54, 1.807) is 17.9 Å². The van der Waals surface area contributed by atoms with Gasteiger partial charge in [0.05, 0.1) is 30.4 Å². The predicted octanol–water partition coefficient (Wildman–Crippen LogP) is 2.85. The van der Waals surface area contributed by atoms with Crippen molar-refractivity contribution < 1.29 is 17.9 Å². The molecule has 1 N–H and O–H groups in total. The number of hydrogen-bond donors (Lipinski definition) is 1. The Labute approximate surface area is 175 Å². The van der Waals surface area contributed by atoms with Gasteiger partial charge < -0.3 is 10.1 Å². The van der Waals surface area contributed by atoms with Crippen molar-refractivity contribution >= 4 is 15.7 Å². The second-order valence-corrected chi connectivity index (χ2v) is 9.54. The highest BCUT2D eigenvalue weighted by Crippen LogP contribution is 2.30. The highest BCUT2D eigenvalue weighted by molar-refractivity contribution is 7.91. The highest BCUT2D eigenvalue weighted by Gasteiger charge is 2.32. The summed E-state index contributed by atoms with van der Waals surface area (Å²) in [6, 6.07) is 18.5. The number of hydrogen-bond acceptors (Lipinski definition) is 5. The van der Waals surface area contributed by atoms with E-state index in [1.165, 1.54) is 0 Å². The second kappa shape index (κ2) is 8.31.